The summed E-state index contributed by atoms with van der Waals surface area (Å²) in [5, 5.41) is 8.08. The van der Waals surface area contributed by atoms with Crippen molar-refractivity contribution in [2.24, 2.45) is 0 Å². The molecule has 0 aliphatic carbocycles. The van der Waals surface area contributed by atoms with Crippen LogP contribution < -0.4 is 15.0 Å². The number of ether oxygens (including phenoxy) is 1. The van der Waals surface area contributed by atoms with Crippen molar-refractivity contribution in [1.29, 1.82) is 0 Å². The van der Waals surface area contributed by atoms with Gasteiger partial charge in [0.05, 0.1) is 5.69 Å². The third kappa shape index (κ3) is 4.67. The highest BCUT2D eigenvalue weighted by molar-refractivity contribution is 5.82. The van der Waals surface area contributed by atoms with Crippen molar-refractivity contribution < 1.29 is 13.7 Å². The number of rotatable bonds is 6. The molecule has 0 spiro atoms. The van der Waals surface area contributed by atoms with Crippen LogP contribution in [0.2, 0.25) is 0 Å². The lowest BCUT2D eigenvalue weighted by atomic mass is 10.1. The van der Waals surface area contributed by atoms with Crippen molar-refractivity contribution in [2.75, 3.05) is 43.4 Å². The molecule has 0 radical (unpaired) electrons. The third-order valence-electron chi connectivity index (χ3n) is 5.90. The molecule has 178 valence electrons. The number of likely N-dealkylation sites (N-methyl/N-ethyl adjacent to an activating group) is 1. The zero-order valence-corrected chi connectivity index (χ0v) is 19.7. The molecule has 4 heterocycles. The lowest BCUT2D eigenvalue weighted by Gasteiger charge is -2.33. The molecule has 9 nitrogen and oxygen atoms in total. The monoisotopic (exact) mass is 465 g/mol. The van der Waals surface area contributed by atoms with E-state index in [-0.39, 0.29) is 17.7 Å². The zero-order chi connectivity index (χ0) is 23.8. The maximum absolute atomic E-state index is 14.8. The van der Waals surface area contributed by atoms with Crippen LogP contribution in [0.1, 0.15) is 31.2 Å². The van der Waals surface area contributed by atoms with Crippen LogP contribution in [0.3, 0.4) is 0 Å². The normalized spacial score (nSPS) is 14.8. The first-order chi connectivity index (χ1) is 16.3. The summed E-state index contributed by atoms with van der Waals surface area (Å²) in [6.07, 6.45) is 0. The highest BCUT2D eigenvalue weighted by Crippen LogP contribution is 2.31. The van der Waals surface area contributed by atoms with Gasteiger partial charge in [0, 0.05) is 61.0 Å². The Hall–Kier alpha value is -3.66. The Morgan fingerprint density at radius 3 is 2.62 bits per heavy atom. The van der Waals surface area contributed by atoms with E-state index in [0.717, 1.165) is 43.0 Å². The van der Waals surface area contributed by atoms with Gasteiger partial charge in [-0.05, 0) is 32.0 Å². The Morgan fingerprint density at radius 2 is 1.88 bits per heavy atom. The molecule has 0 atom stereocenters. The van der Waals surface area contributed by atoms with E-state index in [1.54, 1.807) is 6.07 Å². The number of H-pyrrole nitrogens is 1. The number of nitrogens with zero attached hydrogens (tertiary/aromatic N) is 5. The van der Waals surface area contributed by atoms with Crippen LogP contribution in [0.4, 0.5) is 21.9 Å². The summed E-state index contributed by atoms with van der Waals surface area (Å²) in [5.41, 5.74) is 2.49. The van der Waals surface area contributed by atoms with Gasteiger partial charge >= 0.3 is 6.01 Å². The number of nitrogens with one attached hydrogen (secondary N) is 2. The Morgan fingerprint density at radius 1 is 1.09 bits per heavy atom. The summed E-state index contributed by atoms with van der Waals surface area (Å²) < 4.78 is 26.1. The average molecular weight is 466 g/mol. The summed E-state index contributed by atoms with van der Waals surface area (Å²) in [6.45, 7) is 9.47. The van der Waals surface area contributed by atoms with Gasteiger partial charge in [-0.3, -0.25) is 0 Å². The SMILES string of the molecule is Cc1cc2cc(Oc3nc(Nc4cc(C(C)C)no4)cc(N4CCN(C)CC4)n3)c(F)cc2[nH]1. The summed E-state index contributed by atoms with van der Waals surface area (Å²) >= 11 is 0. The van der Waals surface area contributed by atoms with E-state index in [9.17, 15) is 4.39 Å². The molecule has 34 heavy (non-hydrogen) atoms. The predicted octanol–water partition coefficient (Wildman–Crippen LogP) is 4.80. The fourth-order valence-electron chi connectivity index (χ4n) is 3.92. The maximum Gasteiger partial charge on any atom is 0.326 e. The summed E-state index contributed by atoms with van der Waals surface area (Å²) in [7, 11) is 2.09. The van der Waals surface area contributed by atoms with Crippen molar-refractivity contribution in [1.82, 2.24) is 25.0 Å². The van der Waals surface area contributed by atoms with Crippen LogP contribution >= 0.6 is 0 Å². The van der Waals surface area contributed by atoms with Crippen molar-refractivity contribution in [3.05, 3.63) is 47.5 Å². The first kappa shape index (κ1) is 22.1. The predicted molar refractivity (Wildman–Crippen MR) is 129 cm³/mol. The number of benzene rings is 1. The zero-order valence-electron chi connectivity index (χ0n) is 19.7. The first-order valence-electron chi connectivity index (χ1n) is 11.4. The lowest BCUT2D eigenvalue weighted by molar-refractivity contribution is 0.311. The van der Waals surface area contributed by atoms with Gasteiger partial charge in [0.2, 0.25) is 5.88 Å². The van der Waals surface area contributed by atoms with Crippen molar-refractivity contribution >= 4 is 28.4 Å². The largest absolute Gasteiger partial charge is 0.421 e. The Balaban J connectivity index is 1.48. The highest BCUT2D eigenvalue weighted by Gasteiger charge is 2.20. The number of anilines is 3. The topological polar surface area (TPSA) is 95.3 Å². The van der Waals surface area contributed by atoms with E-state index >= 15 is 0 Å². The molecule has 1 aromatic carbocycles. The Labute approximate surface area is 196 Å². The van der Waals surface area contributed by atoms with E-state index in [0.29, 0.717) is 23.0 Å². The molecule has 1 aliphatic rings. The van der Waals surface area contributed by atoms with Gasteiger partial charge < -0.3 is 29.4 Å². The smallest absolute Gasteiger partial charge is 0.326 e. The number of aryl methyl sites for hydroxylation is 1. The molecular formula is C24H28FN7O2. The van der Waals surface area contributed by atoms with Gasteiger partial charge in [-0.2, -0.15) is 9.97 Å². The fourth-order valence-corrected chi connectivity index (χ4v) is 3.92. The average Bonchev–Trinajstić information content (AvgIpc) is 3.40. The summed E-state index contributed by atoms with van der Waals surface area (Å²) in [6, 6.07) is 8.73. The van der Waals surface area contributed by atoms with Crippen molar-refractivity contribution in [2.45, 2.75) is 26.7 Å². The van der Waals surface area contributed by atoms with Crippen LogP contribution in [0, 0.1) is 12.7 Å². The number of hydrogen-bond donors (Lipinski definition) is 2. The number of piperazine rings is 1. The second kappa shape index (κ2) is 8.94. The molecule has 2 N–H and O–H groups in total. The molecule has 1 fully saturated rings. The molecule has 10 heteroatoms. The summed E-state index contributed by atoms with van der Waals surface area (Å²) in [5.74, 6) is 1.45. The van der Waals surface area contributed by atoms with Gasteiger partial charge in [-0.1, -0.05) is 19.0 Å². The molecule has 0 saturated carbocycles. The van der Waals surface area contributed by atoms with Crippen LogP contribution in [-0.2, 0) is 0 Å². The van der Waals surface area contributed by atoms with E-state index < -0.39 is 5.82 Å². The van der Waals surface area contributed by atoms with E-state index in [1.165, 1.54) is 6.07 Å². The number of halogens is 1. The van der Waals surface area contributed by atoms with Crippen molar-refractivity contribution in [3.8, 4) is 11.8 Å². The number of aromatic amines is 1. The van der Waals surface area contributed by atoms with E-state index in [2.05, 4.69) is 42.3 Å². The molecule has 0 bridgehead atoms. The first-order valence-corrected chi connectivity index (χ1v) is 11.4. The number of aromatic nitrogens is 4. The van der Waals surface area contributed by atoms with Crippen LogP contribution in [0.5, 0.6) is 11.8 Å². The van der Waals surface area contributed by atoms with Crippen molar-refractivity contribution in [3.63, 3.8) is 0 Å². The minimum Gasteiger partial charge on any atom is -0.421 e. The highest BCUT2D eigenvalue weighted by atomic mass is 19.1. The molecular weight excluding hydrogens is 437 g/mol. The molecule has 0 amide bonds. The number of hydrogen-bond acceptors (Lipinski definition) is 8. The molecule has 1 aliphatic heterocycles. The van der Waals surface area contributed by atoms with Gasteiger partial charge in [-0.25, -0.2) is 4.39 Å². The van der Waals surface area contributed by atoms with E-state index in [4.69, 9.17) is 9.26 Å². The minimum atomic E-state index is -0.491. The number of fused-ring (bicyclic) bond motifs is 1. The van der Waals surface area contributed by atoms with Crippen LogP contribution in [-0.4, -0.2) is 58.2 Å². The van der Waals surface area contributed by atoms with Crippen LogP contribution in [0.25, 0.3) is 10.9 Å². The standard InChI is InChI=1S/C24H28FN7O2/c1-14(2)18-12-23(34-30-18)27-21-13-22(32-7-5-31(4)6-8-32)29-24(28-21)33-20-10-16-9-15(3)26-19(16)11-17(20)25/h9-14,26H,5-8H2,1-4H3,(H,27,28,29). The molecule has 1 saturated heterocycles. The van der Waals surface area contributed by atoms with Gasteiger partial charge in [0.15, 0.2) is 11.6 Å². The minimum absolute atomic E-state index is 0.0491. The van der Waals surface area contributed by atoms with Crippen LogP contribution in [0.15, 0.2) is 34.9 Å². The molecule has 0 unspecified atom stereocenters. The summed E-state index contributed by atoms with van der Waals surface area (Å²) in [4.78, 5) is 16.6. The van der Waals surface area contributed by atoms with E-state index in [1.807, 2.05) is 39.0 Å². The second-order valence-corrected chi connectivity index (χ2v) is 9.00. The van der Waals surface area contributed by atoms with Gasteiger partial charge in [0.25, 0.3) is 0 Å². The fraction of sp³-hybridized carbons (Fsp3) is 0.375. The third-order valence-corrected chi connectivity index (χ3v) is 5.90. The quantitative estimate of drug-likeness (QED) is 0.419. The van der Waals surface area contributed by atoms with Gasteiger partial charge in [-0.15, -0.1) is 0 Å². The van der Waals surface area contributed by atoms with Gasteiger partial charge in [0.1, 0.15) is 11.6 Å². The lowest BCUT2D eigenvalue weighted by Crippen LogP contribution is -2.44. The molecule has 3 aromatic heterocycles. The molecule has 4 aromatic rings. The Kier molecular flexibility index (Phi) is 5.82. The second-order valence-electron chi connectivity index (χ2n) is 9.00. The molecule has 5 rings (SSSR count). The maximum atomic E-state index is 14.8. The Bertz CT molecular complexity index is 1310.